The maximum absolute atomic E-state index is 15.5. The van der Waals surface area contributed by atoms with Gasteiger partial charge in [-0.25, -0.2) is 22.2 Å². The van der Waals surface area contributed by atoms with Crippen LogP contribution in [-0.2, 0) is 15.4 Å². The summed E-state index contributed by atoms with van der Waals surface area (Å²) in [6, 6.07) is 11.0. The van der Waals surface area contributed by atoms with Gasteiger partial charge in [-0.05, 0) is 49.2 Å². The predicted octanol–water partition coefficient (Wildman–Crippen LogP) is 4.98. The van der Waals surface area contributed by atoms with Crippen molar-refractivity contribution < 1.29 is 27.4 Å². The van der Waals surface area contributed by atoms with Gasteiger partial charge < -0.3 is 10.2 Å². The zero-order valence-corrected chi connectivity index (χ0v) is 21.4. The normalized spacial score (nSPS) is 18.7. The van der Waals surface area contributed by atoms with Crippen molar-refractivity contribution in [2.45, 2.75) is 30.9 Å². The summed E-state index contributed by atoms with van der Waals surface area (Å²) in [6.45, 7) is 2.41. The van der Waals surface area contributed by atoms with Crippen LogP contribution >= 0.6 is 11.6 Å². The van der Waals surface area contributed by atoms with E-state index < -0.39 is 39.3 Å². The molecule has 1 aliphatic rings. The largest absolute Gasteiger partial charge is 0.392 e. The average molecular weight is 535 g/mol. The maximum atomic E-state index is 15.5. The van der Waals surface area contributed by atoms with Crippen molar-refractivity contribution in [3.8, 4) is 17.1 Å². The van der Waals surface area contributed by atoms with Gasteiger partial charge in [0.1, 0.15) is 17.2 Å². The van der Waals surface area contributed by atoms with Crippen molar-refractivity contribution in [2.24, 2.45) is 0 Å². The third-order valence-corrected chi connectivity index (χ3v) is 8.07. The summed E-state index contributed by atoms with van der Waals surface area (Å²) < 4.78 is 56.2. The third-order valence-electron chi connectivity index (χ3n) is 6.18. The highest BCUT2D eigenvalue weighted by Crippen LogP contribution is 2.41. The first kappa shape index (κ1) is 26.2. The molecular formula is C26H25ClF2N2O4S. The van der Waals surface area contributed by atoms with E-state index >= 15 is 4.39 Å². The molecule has 6 nitrogen and oxygen atoms in total. The van der Waals surface area contributed by atoms with Crippen molar-refractivity contribution in [2.75, 3.05) is 12.9 Å². The number of sulfone groups is 1. The molecule has 1 aromatic heterocycles. The Bertz CT molecular complexity index is 1470. The summed E-state index contributed by atoms with van der Waals surface area (Å²) in [4.78, 5) is 4.46. The molecule has 0 spiro atoms. The van der Waals surface area contributed by atoms with Crippen LogP contribution in [0.4, 0.5) is 8.78 Å². The summed E-state index contributed by atoms with van der Waals surface area (Å²) in [6.07, 6.45) is 4.81. The van der Waals surface area contributed by atoms with Crippen LogP contribution in [0, 0.1) is 5.82 Å². The van der Waals surface area contributed by atoms with Gasteiger partial charge in [-0.15, -0.1) is 0 Å². The number of aromatic nitrogens is 2. The Morgan fingerprint density at radius 3 is 2.39 bits per heavy atom. The summed E-state index contributed by atoms with van der Waals surface area (Å²) in [5.41, 5.74) is 0.428. The van der Waals surface area contributed by atoms with Gasteiger partial charge in [-0.3, -0.25) is 4.57 Å². The highest BCUT2D eigenvalue weighted by molar-refractivity contribution is 7.92. The highest BCUT2D eigenvalue weighted by Gasteiger charge is 2.46. The van der Waals surface area contributed by atoms with E-state index in [2.05, 4.69) is 4.98 Å². The molecule has 0 bridgehead atoms. The van der Waals surface area contributed by atoms with Crippen LogP contribution in [0.3, 0.4) is 0 Å². The zero-order chi connectivity index (χ0) is 26.5. The first-order valence-electron chi connectivity index (χ1n) is 11.0. The molecule has 3 aromatic rings. The van der Waals surface area contributed by atoms with Crippen LogP contribution in [0.25, 0.3) is 22.6 Å². The number of hydrogen-bond donors (Lipinski definition) is 2. The van der Waals surface area contributed by atoms with E-state index in [1.165, 1.54) is 18.2 Å². The number of halogens is 3. The van der Waals surface area contributed by atoms with E-state index in [9.17, 15) is 23.0 Å². The number of rotatable bonds is 6. The van der Waals surface area contributed by atoms with Crippen LogP contribution in [-0.4, -0.2) is 46.0 Å². The Labute approximate surface area is 213 Å². The molecule has 10 heteroatoms. The molecule has 190 valence electrons. The Hall–Kier alpha value is -2.85. The van der Waals surface area contributed by atoms with Crippen LogP contribution in [0.2, 0.25) is 5.02 Å². The van der Waals surface area contributed by atoms with E-state index in [0.29, 0.717) is 22.5 Å². The van der Waals surface area contributed by atoms with E-state index in [-0.39, 0.29) is 22.0 Å². The number of nitrogens with zero attached hydrogens (tertiary/aromatic N) is 2. The van der Waals surface area contributed by atoms with Gasteiger partial charge in [0.05, 0.1) is 22.9 Å². The van der Waals surface area contributed by atoms with Crippen LogP contribution in [0.5, 0.6) is 0 Å². The molecule has 1 heterocycles. The topological polar surface area (TPSA) is 92.4 Å². The van der Waals surface area contributed by atoms with Gasteiger partial charge in [0.2, 0.25) is 5.00 Å². The van der Waals surface area contributed by atoms with E-state index in [1.54, 1.807) is 61.0 Å². The summed E-state index contributed by atoms with van der Waals surface area (Å²) in [5, 5.41) is 17.4. The predicted molar refractivity (Wildman–Crippen MR) is 136 cm³/mol. The van der Waals surface area contributed by atoms with Crippen LogP contribution < -0.4 is 0 Å². The monoisotopic (exact) mass is 534 g/mol. The molecule has 0 radical (unpaired) electrons. The molecular weight excluding hydrogens is 510 g/mol. The van der Waals surface area contributed by atoms with Gasteiger partial charge in [-0.2, -0.15) is 0 Å². The van der Waals surface area contributed by atoms with Crippen LogP contribution in [0.15, 0.2) is 66.4 Å². The molecule has 0 saturated carbocycles. The lowest BCUT2D eigenvalue weighted by atomic mass is 9.91. The van der Waals surface area contributed by atoms with Gasteiger partial charge in [0.25, 0.3) is 0 Å². The molecule has 1 atom stereocenters. The standard InChI is InChI=1S/C26H25ClF2N2O4S/c1-25(2,33)22-14-31(24(30-22)23-20(27)5-4-6-21(23)28)19-11-8-16(9-12-19)17-7-10-18(15-32)26(29,13-17)36(3,34)35/h4-12,14,32-33H,13,15H2,1-3H3. The fraction of sp³-hybridized carbons (Fsp3) is 0.269. The maximum Gasteiger partial charge on any atom is 0.237 e. The third kappa shape index (κ3) is 4.64. The number of aliphatic hydroxyl groups is 2. The van der Waals surface area contributed by atoms with Gasteiger partial charge >= 0.3 is 0 Å². The van der Waals surface area contributed by atoms with Crippen molar-refractivity contribution in [3.63, 3.8) is 0 Å². The second-order valence-corrected chi connectivity index (χ2v) is 11.8. The lowest BCUT2D eigenvalue weighted by Gasteiger charge is -2.29. The molecule has 0 fully saturated rings. The molecule has 0 amide bonds. The van der Waals surface area contributed by atoms with E-state index in [0.717, 1.165) is 6.26 Å². The molecule has 2 N–H and O–H groups in total. The number of imidazole rings is 1. The molecule has 2 aromatic carbocycles. The number of hydrogen-bond acceptors (Lipinski definition) is 5. The number of benzene rings is 2. The Morgan fingerprint density at radius 1 is 1.17 bits per heavy atom. The Kier molecular flexibility index (Phi) is 6.72. The fourth-order valence-electron chi connectivity index (χ4n) is 4.08. The Balaban J connectivity index is 1.79. The second kappa shape index (κ2) is 9.23. The van der Waals surface area contributed by atoms with Crippen molar-refractivity contribution in [1.82, 2.24) is 9.55 Å². The van der Waals surface area contributed by atoms with Crippen molar-refractivity contribution >= 4 is 27.0 Å². The number of aliphatic hydroxyl groups excluding tert-OH is 1. The lowest BCUT2D eigenvalue weighted by Crippen LogP contribution is -2.38. The molecule has 0 saturated heterocycles. The smallest absolute Gasteiger partial charge is 0.237 e. The molecule has 1 aliphatic carbocycles. The van der Waals surface area contributed by atoms with Gasteiger partial charge in [0.15, 0.2) is 9.84 Å². The van der Waals surface area contributed by atoms with Gasteiger partial charge in [0, 0.05) is 30.1 Å². The lowest BCUT2D eigenvalue weighted by molar-refractivity contribution is 0.0743. The van der Waals surface area contributed by atoms with E-state index in [4.69, 9.17) is 11.6 Å². The van der Waals surface area contributed by atoms with Crippen molar-refractivity contribution in [3.05, 3.63) is 88.5 Å². The number of allylic oxidation sites excluding steroid dienone is 3. The van der Waals surface area contributed by atoms with Crippen molar-refractivity contribution in [1.29, 1.82) is 0 Å². The minimum absolute atomic E-state index is 0.0748. The first-order valence-corrected chi connectivity index (χ1v) is 13.3. The zero-order valence-electron chi connectivity index (χ0n) is 19.8. The summed E-state index contributed by atoms with van der Waals surface area (Å²) in [5.74, 6) is -0.387. The minimum atomic E-state index is -4.15. The molecule has 36 heavy (non-hydrogen) atoms. The quantitative estimate of drug-likeness (QED) is 0.465. The first-order chi connectivity index (χ1) is 16.8. The molecule has 4 rings (SSSR count). The summed E-state index contributed by atoms with van der Waals surface area (Å²) >= 11 is 6.29. The average Bonchev–Trinajstić information content (AvgIpc) is 3.24. The summed E-state index contributed by atoms with van der Waals surface area (Å²) in [7, 11) is -4.15. The van der Waals surface area contributed by atoms with Gasteiger partial charge in [-0.1, -0.05) is 42.0 Å². The minimum Gasteiger partial charge on any atom is -0.392 e. The molecule has 0 aliphatic heterocycles. The SMILES string of the molecule is CC(C)(O)c1cn(-c2ccc(C3=CC=C(CO)C(F)(S(C)(=O)=O)C3)cc2)c(-c2c(F)cccc2Cl)n1. The molecule has 1 unspecified atom stereocenters. The van der Waals surface area contributed by atoms with Crippen LogP contribution in [0.1, 0.15) is 31.5 Å². The second-order valence-electron chi connectivity index (χ2n) is 9.24. The Morgan fingerprint density at radius 2 is 1.83 bits per heavy atom. The number of alkyl halides is 1. The fourth-order valence-corrected chi connectivity index (χ4v) is 5.35. The highest BCUT2D eigenvalue weighted by atomic mass is 35.5. The van der Waals surface area contributed by atoms with E-state index in [1.807, 2.05) is 0 Å².